The Morgan fingerprint density at radius 2 is 1.41 bits per heavy atom. The second kappa shape index (κ2) is 11.7. The fraction of sp³-hybridized carbons (Fsp3) is 0.160. The molecule has 0 aliphatic heterocycles. The smallest absolute Gasteiger partial charge is 0.329 e. The molecule has 9 heteroatoms. The van der Waals surface area contributed by atoms with Crippen molar-refractivity contribution in [2.45, 2.75) is 13.0 Å². The third-order valence-corrected chi connectivity index (χ3v) is 8.95. The lowest BCUT2D eigenvalue weighted by Gasteiger charge is -2.22. The van der Waals surface area contributed by atoms with Gasteiger partial charge in [-0.3, -0.25) is 14.3 Å². The van der Waals surface area contributed by atoms with Crippen LogP contribution in [0.2, 0.25) is 0 Å². The standard InChI is InChI=1S/C25H25N2O5PS/c1-18(28)26-22(25(30)32-2)17-34-27-24(29)21-15-9-10-16-23(21)33(31,19-11-5-3-6-12-19)20-13-7-4-8-14-20/h3-16,22H,17H2,1-2H3,(H,26,28)(H,27,29)/t22-/m0/s1. The van der Waals surface area contributed by atoms with Crippen LogP contribution in [0.15, 0.2) is 84.9 Å². The Balaban J connectivity index is 1.92. The number of nitrogens with one attached hydrogen (secondary N) is 2. The number of rotatable bonds is 9. The van der Waals surface area contributed by atoms with E-state index in [4.69, 9.17) is 4.74 Å². The maximum Gasteiger partial charge on any atom is 0.329 e. The Kier molecular flexibility index (Phi) is 8.68. The summed E-state index contributed by atoms with van der Waals surface area (Å²) in [6.07, 6.45) is 0. The van der Waals surface area contributed by atoms with Gasteiger partial charge >= 0.3 is 5.97 Å². The van der Waals surface area contributed by atoms with Crippen molar-refractivity contribution >= 4 is 52.8 Å². The van der Waals surface area contributed by atoms with Gasteiger partial charge in [-0.2, -0.15) is 0 Å². The van der Waals surface area contributed by atoms with Gasteiger partial charge in [0.2, 0.25) is 5.91 Å². The molecule has 176 valence electrons. The third kappa shape index (κ3) is 5.76. The van der Waals surface area contributed by atoms with Crippen LogP contribution in [0, 0.1) is 0 Å². The van der Waals surface area contributed by atoms with Gasteiger partial charge in [-0.15, -0.1) is 0 Å². The largest absolute Gasteiger partial charge is 0.467 e. The highest BCUT2D eigenvalue weighted by Gasteiger charge is 2.33. The molecule has 7 nitrogen and oxygen atoms in total. The second-order valence-corrected chi connectivity index (χ2v) is 10.9. The minimum atomic E-state index is -3.36. The van der Waals surface area contributed by atoms with Crippen LogP contribution in [0.5, 0.6) is 0 Å². The van der Waals surface area contributed by atoms with Gasteiger partial charge in [0.25, 0.3) is 5.91 Å². The van der Waals surface area contributed by atoms with E-state index in [0.717, 1.165) is 11.9 Å². The number of esters is 1. The van der Waals surface area contributed by atoms with Crippen LogP contribution in [0.4, 0.5) is 0 Å². The molecule has 1 atom stereocenters. The molecule has 0 spiro atoms. The van der Waals surface area contributed by atoms with Crippen LogP contribution < -0.4 is 26.0 Å². The van der Waals surface area contributed by atoms with Crippen LogP contribution >= 0.6 is 19.1 Å². The Hall–Kier alpha value is -3.35. The van der Waals surface area contributed by atoms with E-state index in [1.165, 1.54) is 14.0 Å². The van der Waals surface area contributed by atoms with Crippen LogP contribution in [0.1, 0.15) is 17.3 Å². The number of carbonyl (C=O) groups excluding carboxylic acids is 3. The number of ether oxygens (including phenoxy) is 1. The molecule has 0 heterocycles. The monoisotopic (exact) mass is 496 g/mol. The fourth-order valence-electron chi connectivity index (χ4n) is 3.45. The molecular formula is C25H25N2O5PS. The zero-order valence-electron chi connectivity index (χ0n) is 18.8. The van der Waals surface area contributed by atoms with Gasteiger partial charge in [-0.25, -0.2) is 4.79 Å². The fourth-order valence-corrected chi connectivity index (χ4v) is 7.01. The number of carbonyl (C=O) groups is 3. The average molecular weight is 497 g/mol. The zero-order valence-corrected chi connectivity index (χ0v) is 20.5. The average Bonchev–Trinajstić information content (AvgIpc) is 2.87. The molecule has 0 aliphatic carbocycles. The van der Waals surface area contributed by atoms with Crippen LogP contribution in [-0.2, 0) is 18.9 Å². The lowest BCUT2D eigenvalue weighted by Crippen LogP contribution is -2.43. The van der Waals surface area contributed by atoms with E-state index < -0.39 is 25.1 Å². The van der Waals surface area contributed by atoms with Crippen molar-refractivity contribution in [2.24, 2.45) is 0 Å². The van der Waals surface area contributed by atoms with Crippen LogP contribution in [0.3, 0.4) is 0 Å². The highest BCUT2D eigenvalue weighted by molar-refractivity contribution is 7.98. The summed E-state index contributed by atoms with van der Waals surface area (Å²) in [5.41, 5.74) is 0.264. The summed E-state index contributed by atoms with van der Waals surface area (Å²) in [4.78, 5) is 36.4. The maximum atomic E-state index is 14.7. The first-order valence-corrected chi connectivity index (χ1v) is 13.1. The summed E-state index contributed by atoms with van der Waals surface area (Å²) in [7, 11) is -2.14. The predicted octanol–water partition coefficient (Wildman–Crippen LogP) is 2.38. The minimum absolute atomic E-state index is 0.0647. The molecule has 3 rings (SSSR count). The van der Waals surface area contributed by atoms with Crippen LogP contribution in [0.25, 0.3) is 0 Å². The highest BCUT2D eigenvalue weighted by Crippen LogP contribution is 2.43. The third-order valence-electron chi connectivity index (χ3n) is 5.01. The van der Waals surface area contributed by atoms with Crippen molar-refractivity contribution in [3.05, 3.63) is 90.5 Å². The lowest BCUT2D eigenvalue weighted by atomic mass is 10.2. The topological polar surface area (TPSA) is 102 Å². The van der Waals surface area contributed by atoms with E-state index in [0.29, 0.717) is 15.9 Å². The van der Waals surface area contributed by atoms with E-state index in [1.54, 1.807) is 48.5 Å². The summed E-state index contributed by atoms with van der Waals surface area (Å²) in [5, 5.41) is 4.14. The molecule has 0 saturated heterocycles. The first-order chi connectivity index (χ1) is 16.4. The molecule has 2 amide bonds. The summed E-state index contributed by atoms with van der Waals surface area (Å²) in [5.74, 6) is -1.40. The van der Waals surface area contributed by atoms with Gasteiger partial charge in [0.1, 0.15) is 6.04 Å². The molecule has 0 aromatic heterocycles. The van der Waals surface area contributed by atoms with Gasteiger partial charge < -0.3 is 14.6 Å². The number of amides is 2. The quantitative estimate of drug-likeness (QED) is 0.268. The lowest BCUT2D eigenvalue weighted by molar-refractivity contribution is -0.144. The van der Waals surface area contributed by atoms with E-state index >= 15 is 0 Å². The van der Waals surface area contributed by atoms with Gasteiger partial charge in [-0.1, -0.05) is 78.9 Å². The number of hydrogen-bond acceptors (Lipinski definition) is 6. The molecule has 3 aromatic carbocycles. The normalized spacial score (nSPS) is 11.8. The van der Waals surface area contributed by atoms with Gasteiger partial charge in [0.15, 0.2) is 7.14 Å². The highest BCUT2D eigenvalue weighted by atomic mass is 32.2. The molecule has 0 fully saturated rings. The summed E-state index contributed by atoms with van der Waals surface area (Å²) >= 11 is 0.956. The van der Waals surface area contributed by atoms with Crippen molar-refractivity contribution in [3.63, 3.8) is 0 Å². The van der Waals surface area contributed by atoms with Gasteiger partial charge in [0, 0.05) is 28.6 Å². The van der Waals surface area contributed by atoms with Crippen molar-refractivity contribution < 1.29 is 23.7 Å². The molecule has 0 unspecified atom stereocenters. The van der Waals surface area contributed by atoms with Crippen LogP contribution in [-0.4, -0.2) is 36.7 Å². The molecule has 0 radical (unpaired) electrons. The maximum absolute atomic E-state index is 14.7. The molecule has 3 aromatic rings. The zero-order chi connectivity index (χ0) is 24.6. The van der Waals surface area contributed by atoms with E-state index in [1.807, 2.05) is 36.4 Å². The molecule has 0 aliphatic rings. The molecule has 0 bridgehead atoms. The summed E-state index contributed by atoms with van der Waals surface area (Å²) in [6.45, 7) is 1.29. The van der Waals surface area contributed by atoms with E-state index in [-0.39, 0.29) is 17.2 Å². The summed E-state index contributed by atoms with van der Waals surface area (Å²) < 4.78 is 22.1. The second-order valence-electron chi connectivity index (χ2n) is 7.32. The van der Waals surface area contributed by atoms with Crippen molar-refractivity contribution in [1.29, 1.82) is 0 Å². The van der Waals surface area contributed by atoms with Gasteiger partial charge in [0.05, 0.1) is 12.7 Å². The summed E-state index contributed by atoms with van der Waals surface area (Å²) in [6, 6.07) is 24.0. The van der Waals surface area contributed by atoms with Crippen molar-refractivity contribution in [3.8, 4) is 0 Å². The Labute approximate surface area is 202 Å². The van der Waals surface area contributed by atoms with Gasteiger partial charge in [-0.05, 0) is 18.0 Å². The number of benzene rings is 3. The minimum Gasteiger partial charge on any atom is -0.467 e. The number of hydrogen-bond donors (Lipinski definition) is 2. The molecule has 2 N–H and O–H groups in total. The Morgan fingerprint density at radius 3 is 1.94 bits per heavy atom. The first-order valence-electron chi connectivity index (χ1n) is 10.5. The molecular weight excluding hydrogens is 471 g/mol. The Morgan fingerprint density at radius 1 is 0.882 bits per heavy atom. The number of methoxy groups -OCH3 is 1. The first kappa shape index (κ1) is 25.3. The SMILES string of the molecule is COC(=O)[C@H](CSNC(=O)c1ccccc1P(=O)(c1ccccc1)c1ccccc1)NC(C)=O. The predicted molar refractivity (Wildman–Crippen MR) is 135 cm³/mol. The molecule has 0 saturated carbocycles. The van der Waals surface area contributed by atoms with Crippen molar-refractivity contribution in [2.75, 3.05) is 12.9 Å². The Bertz CT molecular complexity index is 1160. The molecule has 34 heavy (non-hydrogen) atoms. The van der Waals surface area contributed by atoms with Crippen molar-refractivity contribution in [1.82, 2.24) is 10.0 Å². The van der Waals surface area contributed by atoms with E-state index in [2.05, 4.69) is 10.0 Å². The van der Waals surface area contributed by atoms with E-state index in [9.17, 15) is 18.9 Å².